The second-order valence-electron chi connectivity index (χ2n) is 4.16. The van der Waals surface area contributed by atoms with Crippen LogP contribution >= 0.6 is 11.8 Å². The van der Waals surface area contributed by atoms with Gasteiger partial charge in [-0.2, -0.15) is 11.8 Å². The Kier molecular flexibility index (Phi) is 6.89. The Morgan fingerprint density at radius 3 is 2.85 bits per heavy atom. The molecule has 5 N–H and O–H groups in total. The number of nitrogens with two attached hydrogens (primary N) is 2. The smallest absolute Gasteiger partial charge is 0.255 e. The molecule has 7 heteroatoms. The Labute approximate surface area is 122 Å². The van der Waals surface area contributed by atoms with Gasteiger partial charge in [0.15, 0.2) is 6.61 Å². The van der Waals surface area contributed by atoms with Crippen molar-refractivity contribution >= 4 is 29.3 Å². The largest absolute Gasteiger partial charge is 0.484 e. The maximum atomic E-state index is 11.8. The van der Waals surface area contributed by atoms with Crippen molar-refractivity contribution in [2.75, 3.05) is 23.9 Å². The first-order chi connectivity index (χ1) is 9.52. The molecule has 110 valence electrons. The number of anilines is 1. The standard InChI is InChI=1S/C13H19N3O3S/c1-20-6-5-11(14)13(18)16-9-3-2-4-10(7-9)19-8-12(15)17/h2-4,7,11H,5-6,8,14H2,1H3,(H2,15,17)(H,16,18)/t11-/m0/s1. The monoisotopic (exact) mass is 297 g/mol. The van der Waals surface area contributed by atoms with Crippen LogP contribution in [0.4, 0.5) is 5.69 Å². The van der Waals surface area contributed by atoms with Crippen molar-refractivity contribution in [2.24, 2.45) is 11.5 Å². The highest BCUT2D eigenvalue weighted by molar-refractivity contribution is 7.98. The number of primary amides is 1. The summed E-state index contributed by atoms with van der Waals surface area (Å²) in [4.78, 5) is 22.5. The number of hydrogen-bond donors (Lipinski definition) is 3. The summed E-state index contributed by atoms with van der Waals surface area (Å²) in [6.07, 6.45) is 2.58. The molecular weight excluding hydrogens is 278 g/mol. The summed E-state index contributed by atoms with van der Waals surface area (Å²) < 4.78 is 5.15. The molecule has 1 atom stereocenters. The van der Waals surface area contributed by atoms with Crippen LogP contribution in [0.3, 0.4) is 0 Å². The zero-order chi connectivity index (χ0) is 15.0. The molecule has 1 aromatic rings. The van der Waals surface area contributed by atoms with Gasteiger partial charge in [-0.1, -0.05) is 6.07 Å². The lowest BCUT2D eigenvalue weighted by molar-refractivity contribution is -0.120. The van der Waals surface area contributed by atoms with Crippen molar-refractivity contribution in [3.63, 3.8) is 0 Å². The first-order valence-electron chi connectivity index (χ1n) is 6.09. The molecule has 2 amide bonds. The topological polar surface area (TPSA) is 107 Å². The Balaban J connectivity index is 2.56. The van der Waals surface area contributed by atoms with E-state index in [2.05, 4.69) is 5.32 Å². The van der Waals surface area contributed by atoms with Crippen LogP contribution < -0.4 is 21.5 Å². The summed E-state index contributed by atoms with van der Waals surface area (Å²) in [7, 11) is 0. The molecule has 0 aromatic heterocycles. The van der Waals surface area contributed by atoms with Crippen molar-refractivity contribution in [1.29, 1.82) is 0 Å². The third-order valence-electron chi connectivity index (χ3n) is 2.45. The highest BCUT2D eigenvalue weighted by atomic mass is 32.2. The molecule has 0 aliphatic carbocycles. The normalized spacial score (nSPS) is 11.7. The van der Waals surface area contributed by atoms with Crippen molar-refractivity contribution in [2.45, 2.75) is 12.5 Å². The molecule has 0 aliphatic heterocycles. The molecule has 0 radical (unpaired) electrons. The summed E-state index contributed by atoms with van der Waals surface area (Å²) in [5, 5.41) is 2.71. The van der Waals surface area contributed by atoms with E-state index in [1.807, 2.05) is 6.26 Å². The molecule has 0 saturated heterocycles. The molecule has 6 nitrogen and oxygen atoms in total. The first-order valence-corrected chi connectivity index (χ1v) is 7.49. The minimum atomic E-state index is -0.557. The fraction of sp³-hybridized carbons (Fsp3) is 0.385. The van der Waals surface area contributed by atoms with Crippen LogP contribution in [0.25, 0.3) is 0 Å². The van der Waals surface area contributed by atoms with E-state index in [1.54, 1.807) is 36.0 Å². The molecule has 0 bridgehead atoms. The number of hydrogen-bond acceptors (Lipinski definition) is 5. The van der Waals surface area contributed by atoms with E-state index in [1.165, 1.54) is 0 Å². The highest BCUT2D eigenvalue weighted by Crippen LogP contribution is 2.17. The van der Waals surface area contributed by atoms with Gasteiger partial charge in [0.2, 0.25) is 5.91 Å². The second-order valence-corrected chi connectivity index (χ2v) is 5.15. The average Bonchev–Trinajstić information content (AvgIpc) is 2.42. The predicted molar refractivity (Wildman–Crippen MR) is 80.7 cm³/mol. The van der Waals surface area contributed by atoms with Crippen molar-refractivity contribution < 1.29 is 14.3 Å². The van der Waals surface area contributed by atoms with Gasteiger partial charge in [-0.05, 0) is 30.6 Å². The quantitative estimate of drug-likeness (QED) is 0.650. The third kappa shape index (κ3) is 5.94. The van der Waals surface area contributed by atoms with Gasteiger partial charge in [-0.15, -0.1) is 0 Å². The van der Waals surface area contributed by atoms with E-state index in [0.717, 1.165) is 5.75 Å². The van der Waals surface area contributed by atoms with Crippen LogP contribution in [0.15, 0.2) is 24.3 Å². The number of rotatable bonds is 8. The van der Waals surface area contributed by atoms with Gasteiger partial charge in [0.1, 0.15) is 5.75 Å². The van der Waals surface area contributed by atoms with Crippen LogP contribution in [0.1, 0.15) is 6.42 Å². The molecule has 1 aromatic carbocycles. The van der Waals surface area contributed by atoms with Crippen LogP contribution in [0.2, 0.25) is 0 Å². The van der Waals surface area contributed by atoms with Crippen LogP contribution in [0, 0.1) is 0 Å². The Hall–Kier alpha value is -1.73. The Morgan fingerprint density at radius 2 is 2.20 bits per heavy atom. The number of benzene rings is 1. The fourth-order valence-electron chi connectivity index (χ4n) is 1.43. The molecule has 20 heavy (non-hydrogen) atoms. The Morgan fingerprint density at radius 1 is 1.45 bits per heavy atom. The van der Waals surface area contributed by atoms with Gasteiger partial charge in [0, 0.05) is 11.8 Å². The molecule has 0 spiro atoms. The summed E-state index contributed by atoms with van der Waals surface area (Å²) in [6, 6.07) is 6.17. The maximum absolute atomic E-state index is 11.8. The average molecular weight is 297 g/mol. The minimum absolute atomic E-state index is 0.204. The van der Waals surface area contributed by atoms with Gasteiger partial charge < -0.3 is 21.5 Å². The molecule has 0 saturated carbocycles. The zero-order valence-electron chi connectivity index (χ0n) is 11.3. The van der Waals surface area contributed by atoms with Gasteiger partial charge in [-0.25, -0.2) is 0 Å². The lowest BCUT2D eigenvalue weighted by Gasteiger charge is -2.12. The van der Waals surface area contributed by atoms with E-state index < -0.39 is 11.9 Å². The zero-order valence-corrected chi connectivity index (χ0v) is 12.1. The number of carbonyl (C=O) groups is 2. The number of ether oxygens (including phenoxy) is 1. The van der Waals surface area contributed by atoms with E-state index in [9.17, 15) is 9.59 Å². The summed E-state index contributed by atoms with van der Waals surface area (Å²) in [5.41, 5.74) is 11.3. The molecule has 0 fully saturated rings. The first kappa shape index (κ1) is 16.3. The highest BCUT2D eigenvalue weighted by Gasteiger charge is 2.13. The van der Waals surface area contributed by atoms with Crippen LogP contribution in [-0.2, 0) is 9.59 Å². The molecular formula is C13H19N3O3S. The maximum Gasteiger partial charge on any atom is 0.255 e. The number of carbonyl (C=O) groups excluding carboxylic acids is 2. The lowest BCUT2D eigenvalue weighted by Crippen LogP contribution is -2.36. The molecule has 0 unspecified atom stereocenters. The predicted octanol–water partition coefficient (Wildman–Crippen LogP) is 0.570. The van der Waals surface area contributed by atoms with Crippen molar-refractivity contribution in [3.05, 3.63) is 24.3 Å². The van der Waals surface area contributed by atoms with Gasteiger partial charge in [0.05, 0.1) is 6.04 Å². The fourth-order valence-corrected chi connectivity index (χ4v) is 1.92. The number of amides is 2. The van der Waals surface area contributed by atoms with Crippen LogP contribution in [0.5, 0.6) is 5.75 Å². The van der Waals surface area contributed by atoms with Crippen molar-refractivity contribution in [3.8, 4) is 5.75 Å². The summed E-state index contributed by atoms with van der Waals surface area (Å²) in [6.45, 7) is -0.204. The molecule has 0 aliphatic rings. The van der Waals surface area contributed by atoms with Crippen LogP contribution in [-0.4, -0.2) is 36.5 Å². The lowest BCUT2D eigenvalue weighted by atomic mass is 10.2. The molecule has 1 rings (SSSR count). The van der Waals surface area contributed by atoms with Gasteiger partial charge in [0.25, 0.3) is 5.91 Å². The summed E-state index contributed by atoms with van der Waals surface area (Å²) in [5.74, 6) is 0.486. The van der Waals surface area contributed by atoms with E-state index >= 15 is 0 Å². The van der Waals surface area contributed by atoms with Gasteiger partial charge in [-0.3, -0.25) is 9.59 Å². The molecule has 0 heterocycles. The summed E-state index contributed by atoms with van der Waals surface area (Å²) >= 11 is 1.64. The second kappa shape index (κ2) is 8.44. The van der Waals surface area contributed by atoms with Gasteiger partial charge >= 0.3 is 0 Å². The minimum Gasteiger partial charge on any atom is -0.484 e. The van der Waals surface area contributed by atoms with E-state index in [0.29, 0.717) is 17.9 Å². The van der Waals surface area contributed by atoms with Crippen molar-refractivity contribution in [1.82, 2.24) is 0 Å². The number of nitrogens with one attached hydrogen (secondary N) is 1. The van der Waals surface area contributed by atoms with E-state index in [4.69, 9.17) is 16.2 Å². The number of thioether (sulfide) groups is 1. The van der Waals surface area contributed by atoms with E-state index in [-0.39, 0.29) is 12.5 Å². The third-order valence-corrected chi connectivity index (χ3v) is 3.10. The Bertz CT molecular complexity index is 468. The SMILES string of the molecule is CSCC[C@H](N)C(=O)Nc1cccc(OCC(N)=O)c1.